The topological polar surface area (TPSA) is 84.9 Å². The summed E-state index contributed by atoms with van der Waals surface area (Å²) in [6, 6.07) is 0. The fraction of sp³-hybridized carbons (Fsp3) is 0.857. The van der Waals surface area contributed by atoms with E-state index in [1.807, 2.05) is 20.8 Å². The maximum absolute atomic E-state index is 12.2. The minimum atomic E-state index is -0.879. The van der Waals surface area contributed by atoms with Gasteiger partial charge in [0.1, 0.15) is 6.10 Å². The van der Waals surface area contributed by atoms with Crippen LogP contribution in [-0.2, 0) is 19.1 Å². The first-order valence-electron chi connectivity index (χ1n) is 7.11. The van der Waals surface area contributed by atoms with Crippen LogP contribution < -0.4 is 5.32 Å². The zero-order valence-electron chi connectivity index (χ0n) is 12.2. The molecule has 1 saturated carbocycles. The van der Waals surface area contributed by atoms with Gasteiger partial charge in [-0.3, -0.25) is 9.59 Å². The van der Waals surface area contributed by atoms with E-state index in [1.165, 1.54) is 0 Å². The molecule has 6 nitrogen and oxygen atoms in total. The summed E-state index contributed by atoms with van der Waals surface area (Å²) in [6.07, 6.45) is 1.04. The van der Waals surface area contributed by atoms with Gasteiger partial charge in [0.2, 0.25) is 5.91 Å². The van der Waals surface area contributed by atoms with Crippen molar-refractivity contribution >= 4 is 11.9 Å². The Balaban J connectivity index is 1.84. The van der Waals surface area contributed by atoms with Crippen LogP contribution in [0.3, 0.4) is 0 Å². The second kappa shape index (κ2) is 5.69. The number of carbonyl (C=O) groups excluding carboxylic acids is 1. The average Bonchev–Trinajstić information content (AvgIpc) is 2.89. The van der Waals surface area contributed by atoms with E-state index in [9.17, 15) is 14.7 Å². The van der Waals surface area contributed by atoms with E-state index < -0.39 is 23.6 Å². The molecule has 2 rings (SSSR count). The molecule has 1 amide bonds. The van der Waals surface area contributed by atoms with E-state index in [1.54, 1.807) is 0 Å². The van der Waals surface area contributed by atoms with Crippen molar-refractivity contribution in [2.24, 2.45) is 17.8 Å². The van der Waals surface area contributed by atoms with E-state index in [2.05, 4.69) is 5.32 Å². The molecule has 20 heavy (non-hydrogen) atoms. The number of rotatable bonds is 4. The van der Waals surface area contributed by atoms with E-state index in [-0.39, 0.29) is 17.9 Å². The highest BCUT2D eigenvalue weighted by atomic mass is 16.7. The number of nitrogens with one attached hydrogen (secondary N) is 1. The van der Waals surface area contributed by atoms with Gasteiger partial charge in [0.05, 0.1) is 18.4 Å². The average molecular weight is 285 g/mol. The molecular formula is C14H23NO5. The summed E-state index contributed by atoms with van der Waals surface area (Å²) in [5.41, 5.74) is 0. The molecule has 0 aromatic rings. The summed E-state index contributed by atoms with van der Waals surface area (Å²) >= 11 is 0. The van der Waals surface area contributed by atoms with Crippen molar-refractivity contribution in [2.45, 2.75) is 45.5 Å². The summed E-state index contributed by atoms with van der Waals surface area (Å²) < 4.78 is 11.0. The van der Waals surface area contributed by atoms with Gasteiger partial charge >= 0.3 is 5.97 Å². The predicted octanol–water partition coefficient (Wildman–Crippen LogP) is 1.00. The minimum absolute atomic E-state index is 0.170. The van der Waals surface area contributed by atoms with Gasteiger partial charge in [0, 0.05) is 6.54 Å². The Hall–Kier alpha value is -1.14. The second-order valence-corrected chi connectivity index (χ2v) is 6.32. The predicted molar refractivity (Wildman–Crippen MR) is 70.9 cm³/mol. The van der Waals surface area contributed by atoms with E-state index in [4.69, 9.17) is 9.47 Å². The number of carbonyl (C=O) groups is 2. The molecule has 0 aromatic carbocycles. The molecule has 1 heterocycles. The normalized spacial score (nSPS) is 36.0. The molecule has 2 aliphatic rings. The minimum Gasteiger partial charge on any atom is -0.481 e. The van der Waals surface area contributed by atoms with Crippen molar-refractivity contribution < 1.29 is 24.2 Å². The first kappa shape index (κ1) is 15.3. The van der Waals surface area contributed by atoms with Crippen molar-refractivity contribution in [3.63, 3.8) is 0 Å². The molecule has 1 saturated heterocycles. The van der Waals surface area contributed by atoms with Gasteiger partial charge < -0.3 is 19.9 Å². The fourth-order valence-corrected chi connectivity index (χ4v) is 3.06. The zero-order chi connectivity index (χ0) is 14.9. The third-order valence-electron chi connectivity index (χ3n) is 4.02. The van der Waals surface area contributed by atoms with E-state index in [0.717, 1.165) is 0 Å². The molecule has 1 aliphatic heterocycles. The standard InChI is InChI=1S/C14H23NO5/c1-8-4-10(11(5-8)13(17)18)12(16)15-6-9-7-19-14(2,3)20-9/h8-11H,4-7H2,1-3H3,(H,15,16)(H,17,18). The number of aliphatic carboxylic acids is 1. The summed E-state index contributed by atoms with van der Waals surface area (Å²) in [7, 11) is 0. The lowest BCUT2D eigenvalue weighted by molar-refractivity contribution is -0.146. The first-order valence-corrected chi connectivity index (χ1v) is 7.11. The van der Waals surface area contributed by atoms with E-state index in [0.29, 0.717) is 26.0 Å². The Morgan fingerprint density at radius 1 is 1.30 bits per heavy atom. The summed E-state index contributed by atoms with van der Waals surface area (Å²) in [5, 5.41) is 12.0. The lowest BCUT2D eigenvalue weighted by Crippen LogP contribution is -2.40. The van der Waals surface area contributed by atoms with Gasteiger partial charge in [-0.15, -0.1) is 0 Å². The molecule has 114 valence electrons. The van der Waals surface area contributed by atoms with Crippen LogP contribution in [0, 0.1) is 17.8 Å². The Morgan fingerprint density at radius 3 is 2.50 bits per heavy atom. The molecule has 0 aromatic heterocycles. The van der Waals surface area contributed by atoms with E-state index >= 15 is 0 Å². The van der Waals surface area contributed by atoms with Gasteiger partial charge in [0.15, 0.2) is 5.79 Å². The maximum Gasteiger partial charge on any atom is 0.307 e. The van der Waals surface area contributed by atoms with Crippen molar-refractivity contribution in [2.75, 3.05) is 13.2 Å². The lowest BCUT2D eigenvalue weighted by Gasteiger charge is -2.19. The van der Waals surface area contributed by atoms with Crippen LogP contribution in [0.4, 0.5) is 0 Å². The molecule has 4 atom stereocenters. The van der Waals surface area contributed by atoms with Crippen LogP contribution in [0.5, 0.6) is 0 Å². The quantitative estimate of drug-likeness (QED) is 0.805. The molecule has 0 spiro atoms. The third kappa shape index (κ3) is 3.49. The van der Waals surface area contributed by atoms with Gasteiger partial charge in [-0.25, -0.2) is 0 Å². The SMILES string of the molecule is CC1CC(C(=O)O)C(C(=O)NCC2COC(C)(C)O2)C1. The molecule has 0 radical (unpaired) electrons. The highest BCUT2D eigenvalue weighted by Gasteiger charge is 2.41. The Kier molecular flexibility index (Phi) is 4.34. The van der Waals surface area contributed by atoms with Gasteiger partial charge in [-0.05, 0) is 32.6 Å². The number of hydrogen-bond acceptors (Lipinski definition) is 4. The first-order chi connectivity index (χ1) is 9.28. The molecule has 2 fully saturated rings. The smallest absolute Gasteiger partial charge is 0.307 e. The van der Waals surface area contributed by atoms with Crippen molar-refractivity contribution in [3.05, 3.63) is 0 Å². The van der Waals surface area contributed by atoms with Crippen molar-refractivity contribution in [1.82, 2.24) is 5.32 Å². The highest BCUT2D eigenvalue weighted by molar-refractivity contribution is 5.85. The lowest BCUT2D eigenvalue weighted by atomic mass is 9.95. The van der Waals surface area contributed by atoms with Crippen LogP contribution >= 0.6 is 0 Å². The summed E-state index contributed by atoms with van der Waals surface area (Å²) in [4.78, 5) is 23.3. The number of ether oxygens (including phenoxy) is 2. The molecule has 4 unspecified atom stereocenters. The third-order valence-corrected chi connectivity index (χ3v) is 4.02. The molecular weight excluding hydrogens is 262 g/mol. The van der Waals surface area contributed by atoms with Crippen LogP contribution in [0.15, 0.2) is 0 Å². The largest absolute Gasteiger partial charge is 0.481 e. The monoisotopic (exact) mass is 285 g/mol. The van der Waals surface area contributed by atoms with Crippen molar-refractivity contribution in [1.29, 1.82) is 0 Å². The van der Waals surface area contributed by atoms with Crippen LogP contribution in [0.2, 0.25) is 0 Å². The molecule has 6 heteroatoms. The number of carboxylic acids is 1. The second-order valence-electron chi connectivity index (χ2n) is 6.32. The van der Waals surface area contributed by atoms with Gasteiger partial charge in [-0.2, -0.15) is 0 Å². The molecule has 2 N–H and O–H groups in total. The molecule has 0 bridgehead atoms. The number of amides is 1. The van der Waals surface area contributed by atoms with Crippen LogP contribution in [-0.4, -0.2) is 42.0 Å². The summed E-state index contributed by atoms with van der Waals surface area (Å²) in [5.74, 6) is -2.40. The Labute approximate surface area is 118 Å². The zero-order valence-corrected chi connectivity index (χ0v) is 12.2. The highest BCUT2D eigenvalue weighted by Crippen LogP contribution is 2.36. The maximum atomic E-state index is 12.2. The Bertz CT molecular complexity index is 395. The Morgan fingerprint density at radius 2 is 1.95 bits per heavy atom. The number of carboxylic acid groups (broad SMARTS) is 1. The van der Waals surface area contributed by atoms with Crippen molar-refractivity contribution in [3.8, 4) is 0 Å². The molecule has 1 aliphatic carbocycles. The van der Waals surface area contributed by atoms with Gasteiger partial charge in [-0.1, -0.05) is 6.92 Å². The fourth-order valence-electron chi connectivity index (χ4n) is 3.06. The van der Waals surface area contributed by atoms with Gasteiger partial charge in [0.25, 0.3) is 0 Å². The summed E-state index contributed by atoms with van der Waals surface area (Å²) in [6.45, 7) is 6.44. The van der Waals surface area contributed by atoms with Crippen LogP contribution in [0.25, 0.3) is 0 Å². The van der Waals surface area contributed by atoms with Crippen LogP contribution in [0.1, 0.15) is 33.6 Å². The number of hydrogen-bond donors (Lipinski definition) is 2.